The quantitative estimate of drug-likeness (QED) is 0.163. The highest BCUT2D eigenvalue weighted by Crippen LogP contribution is 1.54. The topological polar surface area (TPSA) is 126 Å². The highest BCUT2D eigenvalue weighted by molar-refractivity contribution is 6.37. The van der Waals surface area contributed by atoms with Crippen LogP contribution in [0, 0.1) is 5.41 Å². The Balaban J connectivity index is 3.31. The maximum Gasteiger partial charge on any atom is 0.576 e. The molecule has 0 aliphatic rings. The van der Waals surface area contributed by atoms with Crippen LogP contribution in [0.1, 0.15) is 0 Å². The van der Waals surface area contributed by atoms with Crippen molar-refractivity contribution in [2.45, 2.75) is 0 Å². The molecule has 0 bridgehead atoms. The van der Waals surface area contributed by atoms with Crippen molar-refractivity contribution in [3.05, 3.63) is 0 Å². The minimum Gasteiger partial charge on any atom is -0.434 e. The molecule has 0 fully saturated rings. The highest BCUT2D eigenvalue weighted by atomic mass is 27.1. The van der Waals surface area contributed by atoms with Gasteiger partial charge in [-0.1, -0.05) is 0 Å². The average molecular weight is 143 g/mol. The molecule has 9 heavy (non-hydrogen) atoms. The Hall–Kier alpha value is -0.928. The zero-order chi connectivity index (χ0) is 7.28. The number of nitrogens with two attached hydrogens (primary N) is 3. The van der Waals surface area contributed by atoms with E-state index in [4.69, 9.17) is 22.6 Å². The molecular weight excluding hydrogens is 135 g/mol. The first-order valence-electron chi connectivity index (χ1n) is 2.14. The van der Waals surface area contributed by atoms with Gasteiger partial charge >= 0.3 is 15.7 Å². The van der Waals surface area contributed by atoms with Crippen LogP contribution in [0.5, 0.6) is 0 Å². The second-order valence-electron chi connectivity index (χ2n) is 1.24. The van der Waals surface area contributed by atoms with Crippen LogP contribution in [0.3, 0.4) is 0 Å². The van der Waals surface area contributed by atoms with Crippen molar-refractivity contribution in [2.24, 2.45) is 21.2 Å². The lowest BCUT2D eigenvalue weighted by Crippen LogP contribution is -2.35. The van der Waals surface area contributed by atoms with Gasteiger partial charge in [-0.2, -0.15) is 0 Å². The summed E-state index contributed by atoms with van der Waals surface area (Å²) < 4.78 is 6.06. The molecule has 0 aromatic carbocycles. The summed E-state index contributed by atoms with van der Waals surface area (Å²) in [6.45, 7) is 0. The summed E-state index contributed by atoms with van der Waals surface area (Å²) in [7, 11) is 0. The van der Waals surface area contributed by atoms with Gasteiger partial charge < -0.3 is 25.5 Å². The number of nitrogens with zero attached hydrogens (tertiary/aromatic N) is 1. The van der Waals surface area contributed by atoms with Crippen molar-refractivity contribution in [1.29, 1.82) is 5.41 Å². The van der Waals surface area contributed by atoms with Crippen molar-refractivity contribution in [1.82, 2.24) is 4.30 Å². The van der Waals surface area contributed by atoms with Crippen molar-refractivity contribution in [3.8, 4) is 0 Å². The molecule has 7 heteroatoms. The fourth-order valence-corrected chi connectivity index (χ4v) is 0.529. The lowest BCUT2D eigenvalue weighted by Gasteiger charge is -1.94. The Labute approximate surface area is 59.1 Å². The van der Waals surface area contributed by atoms with Gasteiger partial charge in [-0.3, -0.25) is 5.41 Å². The first-order chi connectivity index (χ1) is 4.13. The van der Waals surface area contributed by atoms with Gasteiger partial charge in [0.2, 0.25) is 0 Å². The van der Waals surface area contributed by atoms with E-state index < -0.39 is 15.7 Å². The molecule has 0 aromatic rings. The molecule has 0 unspecified atom stereocenters. The van der Waals surface area contributed by atoms with Gasteiger partial charge in [0.15, 0.2) is 11.9 Å². The van der Waals surface area contributed by atoms with Gasteiger partial charge in [0, 0.05) is 0 Å². The van der Waals surface area contributed by atoms with Crippen LogP contribution >= 0.6 is 0 Å². The molecule has 0 aliphatic heterocycles. The van der Waals surface area contributed by atoms with Crippen LogP contribution < -0.4 is 21.5 Å². The molecule has 0 saturated carbocycles. The summed E-state index contributed by atoms with van der Waals surface area (Å²) in [5.41, 5.74) is 14.9. The third kappa shape index (κ3) is 7.07. The molecule has 0 saturated heterocycles. The van der Waals surface area contributed by atoms with Gasteiger partial charge in [0.05, 0.1) is 0 Å². The third-order valence-electron chi connectivity index (χ3n) is 0.434. The van der Waals surface area contributed by atoms with Crippen molar-refractivity contribution < 1.29 is 0 Å². The largest absolute Gasteiger partial charge is 0.576 e. The number of nitrogens with one attached hydrogen (secondary N) is 2. The van der Waals surface area contributed by atoms with Crippen LogP contribution in [0.15, 0.2) is 3.98 Å². The van der Waals surface area contributed by atoms with E-state index in [0.29, 0.717) is 0 Å². The molecule has 0 aliphatic carbocycles. The molecule has 0 rings (SSSR count). The minimum absolute atomic E-state index is 0.0127. The Bertz CT molecular complexity index is 125. The maximum absolute atomic E-state index is 6.68. The molecule has 0 amide bonds. The van der Waals surface area contributed by atoms with Gasteiger partial charge in [-0.25, -0.2) is 0 Å². The third-order valence-corrected chi connectivity index (χ3v) is 1.30. The summed E-state index contributed by atoms with van der Waals surface area (Å²) in [5.74, 6) is -0.103. The standard InChI is InChI=1S/2CH4N3.Al/c2*2-1(3)4;/h2*(H4-,2,3,4);/q2*-1;+2. The summed E-state index contributed by atoms with van der Waals surface area (Å²) in [5, 5.41) is 6.68. The maximum atomic E-state index is 6.68. The van der Waals surface area contributed by atoms with E-state index >= 15 is 0 Å². The van der Waals surface area contributed by atoms with Gasteiger partial charge in [-0.05, 0) is 0 Å². The molecule has 8 N–H and O–H groups in total. The zero-order valence-corrected chi connectivity index (χ0v) is 5.91. The Morgan fingerprint density at radius 2 is 2.00 bits per heavy atom. The Kier molecular flexibility index (Phi) is 3.59. The smallest absolute Gasteiger partial charge is 0.434 e. The van der Waals surface area contributed by atoms with E-state index in [0.717, 1.165) is 0 Å². The van der Waals surface area contributed by atoms with E-state index in [1.807, 2.05) is 0 Å². The lowest BCUT2D eigenvalue weighted by atomic mass is 11.1. The number of guanidine groups is 2. The predicted molar refractivity (Wildman–Crippen MR) is 36.6 cm³/mol. The lowest BCUT2D eigenvalue weighted by molar-refractivity contribution is 1.28. The van der Waals surface area contributed by atoms with Crippen molar-refractivity contribution in [3.63, 3.8) is 0 Å². The fourth-order valence-electron chi connectivity index (χ4n) is 0.176. The molecular formula is C2H8AlN6. The second kappa shape index (κ2) is 4.00. The van der Waals surface area contributed by atoms with E-state index in [-0.39, 0.29) is 11.9 Å². The summed E-state index contributed by atoms with van der Waals surface area (Å²) in [4.78, 5) is 0. The first kappa shape index (κ1) is 8.07. The normalized spacial score (nSPS) is 7.56. The molecule has 6 nitrogen and oxygen atoms in total. The number of hydrogen-bond donors (Lipinski definition) is 5. The van der Waals surface area contributed by atoms with Crippen LogP contribution in [0.25, 0.3) is 0 Å². The molecule has 49 valence electrons. The van der Waals surface area contributed by atoms with E-state index in [1.165, 1.54) is 0 Å². The zero-order valence-electron chi connectivity index (χ0n) is 4.76. The fraction of sp³-hybridized carbons (Fsp3) is 0. The van der Waals surface area contributed by atoms with E-state index in [2.05, 4.69) is 8.28 Å². The van der Waals surface area contributed by atoms with Crippen molar-refractivity contribution >= 4 is 27.6 Å². The van der Waals surface area contributed by atoms with E-state index in [9.17, 15) is 0 Å². The number of rotatable bonds is 2. The SMILES string of the molecule is N=C(N)[NH][Al][N]=C(N)N. The Morgan fingerprint density at radius 3 is 2.33 bits per heavy atom. The van der Waals surface area contributed by atoms with Gasteiger partial charge in [-0.15, -0.1) is 0 Å². The molecule has 0 heterocycles. The monoisotopic (exact) mass is 143 g/mol. The molecule has 0 atom stereocenters. The van der Waals surface area contributed by atoms with Crippen LogP contribution in [-0.2, 0) is 0 Å². The second-order valence-corrected chi connectivity index (χ2v) is 2.05. The molecule has 0 spiro atoms. The van der Waals surface area contributed by atoms with E-state index in [1.54, 1.807) is 0 Å². The highest BCUT2D eigenvalue weighted by Gasteiger charge is 1.90. The van der Waals surface area contributed by atoms with Gasteiger partial charge in [0.25, 0.3) is 0 Å². The van der Waals surface area contributed by atoms with Crippen molar-refractivity contribution in [2.75, 3.05) is 0 Å². The Morgan fingerprint density at radius 1 is 1.44 bits per heavy atom. The summed E-state index contributed by atoms with van der Waals surface area (Å²) >= 11 is -0.507. The molecule has 1 radical (unpaired) electrons. The predicted octanol–water partition coefficient (Wildman–Crippen LogP) is -2.72. The summed E-state index contributed by atoms with van der Waals surface area (Å²) in [6, 6.07) is 0. The molecule has 0 aromatic heterocycles. The van der Waals surface area contributed by atoms with Crippen LogP contribution in [0.4, 0.5) is 0 Å². The van der Waals surface area contributed by atoms with Gasteiger partial charge in [0.1, 0.15) is 0 Å². The average Bonchev–Trinajstić information content (AvgIpc) is 1.63. The first-order valence-corrected chi connectivity index (χ1v) is 3.23. The van der Waals surface area contributed by atoms with Crippen LogP contribution in [-0.4, -0.2) is 27.6 Å². The minimum atomic E-state index is -0.507. The summed E-state index contributed by atoms with van der Waals surface area (Å²) in [6.07, 6.45) is 0. The van der Waals surface area contributed by atoms with Crippen LogP contribution in [0.2, 0.25) is 0 Å². The number of hydrogen-bond acceptors (Lipinski definition) is 2.